The van der Waals surface area contributed by atoms with E-state index in [2.05, 4.69) is 0 Å². The zero-order valence-electron chi connectivity index (χ0n) is 38.3. The minimum Gasteiger partial charge on any atom is -0.426 e. The van der Waals surface area contributed by atoms with E-state index < -0.39 is 67.4 Å². The number of carbonyl (C=O) groups excluding carboxylic acids is 2. The number of hydrogen-bond acceptors (Lipinski definition) is 10. The molecule has 2 aliphatic heterocycles. The van der Waals surface area contributed by atoms with Crippen LogP contribution in [0.4, 0.5) is 0 Å². The average Bonchev–Trinajstić information content (AvgIpc) is 3.78. The zero-order chi connectivity index (χ0) is 46.0. The molecule has 0 N–H and O–H groups in total. The van der Waals surface area contributed by atoms with Crippen molar-refractivity contribution in [1.29, 1.82) is 0 Å². The van der Waals surface area contributed by atoms with Gasteiger partial charge in [0, 0.05) is 36.1 Å². The zero-order valence-corrected chi connectivity index (χ0v) is 39.9. The van der Waals surface area contributed by atoms with Crippen molar-refractivity contribution in [2.75, 3.05) is 13.2 Å². The molecule has 0 saturated carbocycles. The Hall–Kier alpha value is -4.44. The second-order valence-electron chi connectivity index (χ2n) is 18.9. The maximum atomic E-state index is 15.1. The number of sulfonamides is 2. The third-order valence-corrected chi connectivity index (χ3v) is 15.9. The number of aryl methyl sites for hydroxylation is 6. The maximum Gasteiger partial charge on any atom is 0.308 e. The van der Waals surface area contributed by atoms with Crippen LogP contribution in [0.5, 0.6) is 11.5 Å². The van der Waals surface area contributed by atoms with Crippen LogP contribution in [-0.4, -0.2) is 62.7 Å². The largest absolute Gasteiger partial charge is 0.426 e. The second kappa shape index (κ2) is 16.9. The molecule has 334 valence electrons. The van der Waals surface area contributed by atoms with Crippen LogP contribution < -0.4 is 9.47 Å². The smallest absolute Gasteiger partial charge is 0.308 e. The van der Waals surface area contributed by atoms with Crippen molar-refractivity contribution in [3.05, 3.63) is 105 Å². The number of carbonyl (C=O) groups is 2. The van der Waals surface area contributed by atoms with E-state index in [9.17, 15) is 9.59 Å². The van der Waals surface area contributed by atoms with Gasteiger partial charge in [0.1, 0.15) is 11.5 Å². The lowest BCUT2D eigenvalue weighted by Crippen LogP contribution is -2.45. The van der Waals surface area contributed by atoms with E-state index in [1.165, 1.54) is 22.5 Å². The lowest BCUT2D eigenvalue weighted by atomic mass is 9.87. The third-order valence-electron chi connectivity index (χ3n) is 11.6. The minimum absolute atomic E-state index is 0.0158. The molecule has 0 radical (unpaired) electrons. The van der Waals surface area contributed by atoms with Gasteiger partial charge < -0.3 is 18.9 Å². The molecular formula is C48H60N2O10S2. The fourth-order valence-electron chi connectivity index (χ4n) is 9.09. The van der Waals surface area contributed by atoms with E-state index in [0.29, 0.717) is 22.3 Å². The molecule has 0 bridgehead atoms. The van der Waals surface area contributed by atoms with Crippen LogP contribution in [0.3, 0.4) is 0 Å². The van der Waals surface area contributed by atoms with Gasteiger partial charge in [-0.3, -0.25) is 9.59 Å². The average molecular weight is 889 g/mol. The Labute approximate surface area is 367 Å². The van der Waals surface area contributed by atoms with Gasteiger partial charge in [-0.1, -0.05) is 113 Å². The van der Waals surface area contributed by atoms with Gasteiger partial charge in [-0.05, 0) is 74.6 Å². The lowest BCUT2D eigenvalue weighted by Gasteiger charge is -2.36. The highest BCUT2D eigenvalue weighted by molar-refractivity contribution is 7.89. The molecule has 2 fully saturated rings. The highest BCUT2D eigenvalue weighted by Crippen LogP contribution is 2.52. The third kappa shape index (κ3) is 8.74. The lowest BCUT2D eigenvalue weighted by molar-refractivity contribution is -0.133. The number of ether oxygens (including phenoxy) is 4. The van der Waals surface area contributed by atoms with E-state index in [-0.39, 0.29) is 56.8 Å². The van der Waals surface area contributed by atoms with E-state index >= 15 is 16.8 Å². The summed E-state index contributed by atoms with van der Waals surface area (Å²) in [5.41, 5.74) is 4.05. The molecule has 4 aromatic rings. The summed E-state index contributed by atoms with van der Waals surface area (Å²) >= 11 is 0. The number of para-hydroxylation sites is 2. The Kier molecular flexibility index (Phi) is 12.8. The fraction of sp³-hybridized carbons (Fsp3) is 0.458. The summed E-state index contributed by atoms with van der Waals surface area (Å²) in [6, 6.07) is 16.1. The van der Waals surface area contributed by atoms with Crippen molar-refractivity contribution in [1.82, 2.24) is 8.61 Å². The van der Waals surface area contributed by atoms with Crippen LogP contribution in [0.2, 0.25) is 0 Å². The summed E-state index contributed by atoms with van der Waals surface area (Å²) in [5, 5.41) is 0. The summed E-state index contributed by atoms with van der Waals surface area (Å²) in [5.74, 6) is -1.42. The van der Waals surface area contributed by atoms with Crippen molar-refractivity contribution in [3.8, 4) is 22.6 Å². The first-order chi connectivity index (χ1) is 28.7. The van der Waals surface area contributed by atoms with Gasteiger partial charge in [-0.15, -0.1) is 0 Å². The molecule has 62 heavy (non-hydrogen) atoms. The van der Waals surface area contributed by atoms with Crippen molar-refractivity contribution < 1.29 is 45.4 Å². The van der Waals surface area contributed by atoms with Crippen LogP contribution in [0, 0.1) is 52.4 Å². The predicted molar refractivity (Wildman–Crippen MR) is 238 cm³/mol. The van der Waals surface area contributed by atoms with Gasteiger partial charge in [-0.25, -0.2) is 16.8 Å². The number of nitrogens with zero attached hydrogens (tertiary/aromatic N) is 2. The van der Waals surface area contributed by atoms with Gasteiger partial charge in [0.15, 0.2) is 12.5 Å². The summed E-state index contributed by atoms with van der Waals surface area (Å²) < 4.78 is 88.0. The molecule has 2 saturated heterocycles. The van der Waals surface area contributed by atoms with Crippen molar-refractivity contribution in [2.24, 2.45) is 10.8 Å². The van der Waals surface area contributed by atoms with Gasteiger partial charge in [-0.2, -0.15) is 8.61 Å². The standard InChI is InChI=1S/C48H60N2O10S2/c1-27-21-29(3)43(30(4)22-27)61(53,54)49-39(47(9,10)11)25-57-45(49)37-19-15-17-35(41(37)59-33(7)51)36-18-16-20-38(42(36)60-34(8)52)46-50(40(26-58-46)48(12,13)14)62(55,56)44-31(5)23-28(2)24-32(44)6/h15-24,39-40,45-46H,25-26H2,1-14H3/t39-,40-,45+,46+/m1/s1. The Morgan fingerprint density at radius 3 is 1.15 bits per heavy atom. The van der Waals surface area contributed by atoms with Crippen LogP contribution in [0.1, 0.15) is 112 Å². The fourth-order valence-corrected chi connectivity index (χ4v) is 13.6. The Bertz CT molecular complexity index is 2430. The second-order valence-corrected chi connectivity index (χ2v) is 22.5. The first kappa shape index (κ1) is 47.0. The van der Waals surface area contributed by atoms with Crippen LogP contribution >= 0.6 is 0 Å². The Morgan fingerprint density at radius 2 is 0.871 bits per heavy atom. The molecule has 0 spiro atoms. The summed E-state index contributed by atoms with van der Waals surface area (Å²) in [6.07, 6.45) is -2.49. The van der Waals surface area contributed by atoms with Crippen LogP contribution in [0.25, 0.3) is 11.1 Å². The SMILES string of the molecule is CC(=O)Oc1c(-c2cccc([C@@H]3OC[C@H](C(C)(C)C)N3S(=O)(=O)c3c(C)cc(C)cc3C)c2OC(C)=O)cccc1[C@@H]1OC[C@H](C(C)(C)C)N1S(=O)(=O)c1c(C)cc(C)cc1C. The minimum atomic E-state index is -4.26. The van der Waals surface area contributed by atoms with E-state index in [4.69, 9.17) is 18.9 Å². The Balaban J connectivity index is 1.60. The molecule has 0 unspecified atom stereocenters. The molecule has 12 nitrogen and oxygen atoms in total. The highest BCUT2D eigenvalue weighted by atomic mass is 32.2. The van der Waals surface area contributed by atoms with E-state index in [1.807, 2.05) is 79.7 Å². The molecule has 14 heteroatoms. The van der Waals surface area contributed by atoms with E-state index in [1.54, 1.807) is 64.1 Å². The number of hydrogen-bond donors (Lipinski definition) is 0. The number of esters is 2. The number of rotatable bonds is 9. The maximum absolute atomic E-state index is 15.1. The highest BCUT2D eigenvalue weighted by Gasteiger charge is 2.52. The van der Waals surface area contributed by atoms with Crippen molar-refractivity contribution >= 4 is 32.0 Å². The normalized spacial score (nSPS) is 20.4. The summed E-state index contributed by atoms with van der Waals surface area (Å²) in [7, 11) is -8.52. The first-order valence-electron chi connectivity index (χ1n) is 20.8. The molecule has 4 atom stereocenters. The van der Waals surface area contributed by atoms with Crippen molar-refractivity contribution in [2.45, 2.75) is 131 Å². The predicted octanol–water partition coefficient (Wildman–Crippen LogP) is 9.32. The van der Waals surface area contributed by atoms with Gasteiger partial charge >= 0.3 is 11.9 Å². The van der Waals surface area contributed by atoms with Crippen LogP contribution in [-0.2, 0) is 39.1 Å². The van der Waals surface area contributed by atoms with Crippen LogP contribution in [0.15, 0.2) is 70.5 Å². The molecule has 0 aromatic heterocycles. The van der Waals surface area contributed by atoms with Gasteiger partial charge in [0.25, 0.3) is 0 Å². The van der Waals surface area contributed by atoms with Crippen molar-refractivity contribution in [3.63, 3.8) is 0 Å². The quantitative estimate of drug-likeness (QED) is 0.118. The summed E-state index contributed by atoms with van der Waals surface area (Å²) in [6.45, 7) is 25.2. The molecule has 6 rings (SSSR count). The monoisotopic (exact) mass is 888 g/mol. The molecule has 2 aliphatic rings. The first-order valence-corrected chi connectivity index (χ1v) is 23.6. The van der Waals surface area contributed by atoms with E-state index in [0.717, 1.165) is 11.1 Å². The molecule has 0 aliphatic carbocycles. The molecule has 4 aromatic carbocycles. The van der Waals surface area contributed by atoms with Gasteiger partial charge in [0.05, 0.1) is 35.1 Å². The van der Waals surface area contributed by atoms with Gasteiger partial charge in [0.2, 0.25) is 20.0 Å². The molecular weight excluding hydrogens is 829 g/mol. The number of benzene rings is 4. The Morgan fingerprint density at radius 1 is 0.565 bits per heavy atom. The molecule has 2 heterocycles. The molecule has 0 amide bonds. The topological polar surface area (TPSA) is 146 Å². The summed E-state index contributed by atoms with van der Waals surface area (Å²) in [4.78, 5) is 26.5.